The van der Waals surface area contributed by atoms with Gasteiger partial charge < -0.3 is 10.1 Å². The van der Waals surface area contributed by atoms with Gasteiger partial charge in [-0.05, 0) is 37.5 Å². The number of thiazole rings is 1. The molecule has 6 nitrogen and oxygen atoms in total. The molecule has 1 N–H and O–H groups in total. The van der Waals surface area contributed by atoms with Gasteiger partial charge in [0, 0.05) is 30.1 Å². The van der Waals surface area contributed by atoms with Crippen molar-refractivity contribution < 1.29 is 4.74 Å². The Hall–Kier alpha value is -2.94. The fourth-order valence-corrected chi connectivity index (χ4v) is 5.96. The molecule has 1 aromatic carbocycles. The molecule has 8 heteroatoms. The SMILES string of the molecule is CC1(C)Cc2nc3sc4c(NCCc5ccc(-c6cncs6)cc5)ncnc4c3cc2CO1. The number of thiophene rings is 1. The molecule has 33 heavy (non-hydrogen) atoms. The third-order valence-electron chi connectivity index (χ3n) is 6.00. The second-order valence-electron chi connectivity index (χ2n) is 8.91. The average molecular weight is 474 g/mol. The summed E-state index contributed by atoms with van der Waals surface area (Å²) in [6, 6.07) is 10.9. The van der Waals surface area contributed by atoms with E-state index in [2.05, 4.69) is 64.4 Å². The number of pyridine rings is 1. The number of hydrogen-bond donors (Lipinski definition) is 1. The van der Waals surface area contributed by atoms with Crippen molar-refractivity contribution in [1.29, 1.82) is 0 Å². The van der Waals surface area contributed by atoms with Crippen LogP contribution in [0.3, 0.4) is 0 Å². The van der Waals surface area contributed by atoms with Crippen LogP contribution in [0.15, 0.2) is 48.4 Å². The number of rotatable bonds is 5. The smallest absolute Gasteiger partial charge is 0.147 e. The molecule has 6 rings (SSSR count). The Balaban J connectivity index is 1.22. The average Bonchev–Trinajstić information content (AvgIpc) is 3.46. The number of ether oxygens (including phenoxy) is 1. The van der Waals surface area contributed by atoms with E-state index in [1.807, 2.05) is 11.7 Å². The van der Waals surface area contributed by atoms with Crippen LogP contribution in [0.25, 0.3) is 30.9 Å². The first-order chi connectivity index (χ1) is 16.1. The fraction of sp³-hybridized carbons (Fsp3) is 0.280. The highest BCUT2D eigenvalue weighted by atomic mass is 32.1. The summed E-state index contributed by atoms with van der Waals surface area (Å²) in [5, 5.41) is 4.61. The third-order valence-corrected chi connectivity index (χ3v) is 7.92. The maximum Gasteiger partial charge on any atom is 0.147 e. The Bertz CT molecular complexity index is 1440. The predicted molar refractivity (Wildman–Crippen MR) is 135 cm³/mol. The molecule has 166 valence electrons. The maximum atomic E-state index is 5.99. The summed E-state index contributed by atoms with van der Waals surface area (Å²) >= 11 is 3.32. The van der Waals surface area contributed by atoms with Crippen molar-refractivity contribution in [2.45, 2.75) is 38.9 Å². The molecular weight excluding hydrogens is 450 g/mol. The molecule has 0 unspecified atom stereocenters. The van der Waals surface area contributed by atoms with Crippen molar-refractivity contribution in [3.8, 4) is 10.4 Å². The highest BCUT2D eigenvalue weighted by Gasteiger charge is 2.28. The van der Waals surface area contributed by atoms with Crippen molar-refractivity contribution in [3.63, 3.8) is 0 Å². The largest absolute Gasteiger partial charge is 0.370 e. The summed E-state index contributed by atoms with van der Waals surface area (Å²) in [4.78, 5) is 20.5. The molecule has 1 aliphatic heterocycles. The number of anilines is 1. The first-order valence-electron chi connectivity index (χ1n) is 11.0. The summed E-state index contributed by atoms with van der Waals surface area (Å²) in [5.74, 6) is 0.874. The lowest BCUT2D eigenvalue weighted by Gasteiger charge is -2.30. The van der Waals surface area contributed by atoms with E-state index in [1.165, 1.54) is 16.0 Å². The van der Waals surface area contributed by atoms with Gasteiger partial charge in [-0.25, -0.2) is 15.0 Å². The minimum Gasteiger partial charge on any atom is -0.370 e. The van der Waals surface area contributed by atoms with Crippen molar-refractivity contribution in [2.24, 2.45) is 0 Å². The lowest BCUT2D eigenvalue weighted by molar-refractivity contribution is -0.0411. The van der Waals surface area contributed by atoms with Crippen LogP contribution in [0.1, 0.15) is 30.7 Å². The molecule has 5 heterocycles. The number of nitrogens with zero attached hydrogens (tertiary/aromatic N) is 4. The van der Waals surface area contributed by atoms with E-state index in [4.69, 9.17) is 9.72 Å². The summed E-state index contributed by atoms with van der Waals surface area (Å²) in [7, 11) is 0. The minimum atomic E-state index is -0.171. The molecule has 0 radical (unpaired) electrons. The molecule has 0 saturated heterocycles. The van der Waals surface area contributed by atoms with Gasteiger partial charge in [0.25, 0.3) is 0 Å². The second-order valence-corrected chi connectivity index (χ2v) is 10.8. The van der Waals surface area contributed by atoms with E-state index in [0.717, 1.165) is 56.9 Å². The lowest BCUT2D eigenvalue weighted by atomic mass is 9.95. The van der Waals surface area contributed by atoms with Crippen LogP contribution in [-0.2, 0) is 24.2 Å². The van der Waals surface area contributed by atoms with E-state index < -0.39 is 0 Å². The Morgan fingerprint density at radius 3 is 2.85 bits per heavy atom. The van der Waals surface area contributed by atoms with Gasteiger partial charge in [-0.1, -0.05) is 24.3 Å². The van der Waals surface area contributed by atoms with Crippen LogP contribution in [0.2, 0.25) is 0 Å². The maximum absolute atomic E-state index is 5.99. The van der Waals surface area contributed by atoms with Crippen LogP contribution < -0.4 is 5.32 Å². The van der Waals surface area contributed by atoms with Crippen molar-refractivity contribution in [2.75, 3.05) is 11.9 Å². The molecule has 0 saturated carbocycles. The predicted octanol–water partition coefficient (Wildman–Crippen LogP) is 5.87. The Labute approximate surface area is 199 Å². The summed E-state index contributed by atoms with van der Waals surface area (Å²) < 4.78 is 7.05. The van der Waals surface area contributed by atoms with Gasteiger partial charge >= 0.3 is 0 Å². The van der Waals surface area contributed by atoms with Gasteiger partial charge in [0.1, 0.15) is 17.0 Å². The van der Waals surface area contributed by atoms with Gasteiger partial charge in [0.15, 0.2) is 0 Å². The van der Waals surface area contributed by atoms with Gasteiger partial charge in [-0.15, -0.1) is 22.7 Å². The summed E-state index contributed by atoms with van der Waals surface area (Å²) in [6.45, 7) is 5.63. The molecule has 4 aromatic heterocycles. The van der Waals surface area contributed by atoms with E-state index >= 15 is 0 Å². The molecule has 0 fully saturated rings. The summed E-state index contributed by atoms with van der Waals surface area (Å²) in [5.41, 5.74) is 7.45. The van der Waals surface area contributed by atoms with Crippen LogP contribution in [0.4, 0.5) is 5.82 Å². The molecule has 0 aliphatic carbocycles. The summed E-state index contributed by atoms with van der Waals surface area (Å²) in [6.07, 6.45) is 5.29. The van der Waals surface area contributed by atoms with E-state index in [0.29, 0.717) is 6.61 Å². The van der Waals surface area contributed by atoms with E-state index in [-0.39, 0.29) is 5.60 Å². The topological polar surface area (TPSA) is 72.8 Å². The minimum absolute atomic E-state index is 0.171. The lowest BCUT2D eigenvalue weighted by Crippen LogP contribution is -2.32. The Morgan fingerprint density at radius 1 is 1.15 bits per heavy atom. The normalized spacial score (nSPS) is 15.1. The van der Waals surface area contributed by atoms with Crippen LogP contribution in [-0.4, -0.2) is 32.1 Å². The quantitative estimate of drug-likeness (QED) is 0.344. The molecule has 5 aromatic rings. The number of nitrogens with one attached hydrogen (secondary N) is 1. The standard InChI is InChI=1S/C25H23N5OS2/c1-25(2)10-19-17(12-31-25)9-18-21-22(33-24(18)30-19)23(29-13-28-21)27-8-7-15-3-5-16(6-4-15)20-11-26-14-32-20/h3-6,9,11,13-14H,7-8,10,12H2,1-2H3,(H,27,28,29). The Morgan fingerprint density at radius 2 is 2.03 bits per heavy atom. The zero-order valence-corrected chi connectivity index (χ0v) is 20.1. The van der Waals surface area contributed by atoms with Gasteiger partial charge in [0.2, 0.25) is 0 Å². The molecule has 0 bridgehead atoms. The van der Waals surface area contributed by atoms with Crippen LogP contribution in [0.5, 0.6) is 0 Å². The number of benzene rings is 1. The van der Waals surface area contributed by atoms with Crippen molar-refractivity contribution >= 4 is 48.9 Å². The highest BCUT2D eigenvalue weighted by molar-refractivity contribution is 7.25. The molecule has 0 spiro atoms. The van der Waals surface area contributed by atoms with Crippen LogP contribution in [0, 0.1) is 0 Å². The van der Waals surface area contributed by atoms with Crippen molar-refractivity contribution in [1.82, 2.24) is 19.9 Å². The van der Waals surface area contributed by atoms with Gasteiger partial charge in [-0.2, -0.15) is 0 Å². The number of aromatic nitrogens is 4. The first-order valence-corrected chi connectivity index (χ1v) is 12.7. The van der Waals surface area contributed by atoms with E-state index in [1.54, 1.807) is 29.0 Å². The molecule has 0 atom stereocenters. The molecule has 1 aliphatic rings. The first kappa shape index (κ1) is 20.7. The number of hydrogen-bond acceptors (Lipinski definition) is 8. The zero-order valence-electron chi connectivity index (χ0n) is 18.5. The highest BCUT2D eigenvalue weighted by Crippen LogP contribution is 2.38. The number of fused-ring (bicyclic) bond motifs is 4. The zero-order chi connectivity index (χ0) is 22.4. The van der Waals surface area contributed by atoms with Gasteiger partial charge in [-0.3, -0.25) is 4.98 Å². The third kappa shape index (κ3) is 3.99. The fourth-order valence-electron chi connectivity index (χ4n) is 4.23. The Kier molecular flexibility index (Phi) is 5.09. The van der Waals surface area contributed by atoms with Crippen LogP contribution >= 0.6 is 22.7 Å². The second kappa shape index (κ2) is 8.13. The molecular formula is C25H23N5OS2. The van der Waals surface area contributed by atoms with Gasteiger partial charge in [0.05, 0.1) is 38.5 Å². The molecule has 0 amide bonds. The van der Waals surface area contributed by atoms with Crippen molar-refractivity contribution in [3.05, 3.63) is 65.2 Å². The van der Waals surface area contributed by atoms with E-state index in [9.17, 15) is 0 Å². The monoisotopic (exact) mass is 473 g/mol.